The molecule has 0 N–H and O–H groups in total. The first kappa shape index (κ1) is 15.6. The molecule has 1 amide bonds. The fourth-order valence-electron chi connectivity index (χ4n) is 3.64. The summed E-state index contributed by atoms with van der Waals surface area (Å²) in [5.41, 5.74) is 3.57. The summed E-state index contributed by atoms with van der Waals surface area (Å²) in [4.78, 5) is 27.6. The van der Waals surface area contributed by atoms with E-state index >= 15 is 0 Å². The molecule has 0 radical (unpaired) electrons. The lowest BCUT2D eigenvalue weighted by Gasteiger charge is -2.31. The van der Waals surface area contributed by atoms with Gasteiger partial charge in [0.2, 0.25) is 0 Å². The molecular formula is C23H15NO3. The average molecular weight is 353 g/mol. The van der Waals surface area contributed by atoms with Crippen LogP contribution in [0.3, 0.4) is 0 Å². The lowest BCUT2D eigenvalue weighted by Crippen LogP contribution is -2.33. The van der Waals surface area contributed by atoms with Crippen molar-refractivity contribution in [3.8, 4) is 0 Å². The van der Waals surface area contributed by atoms with Crippen molar-refractivity contribution in [1.29, 1.82) is 0 Å². The highest BCUT2D eigenvalue weighted by atomic mass is 16.4. The van der Waals surface area contributed by atoms with Crippen LogP contribution in [0.2, 0.25) is 0 Å². The predicted octanol–water partition coefficient (Wildman–Crippen LogP) is 4.68. The van der Waals surface area contributed by atoms with Crippen molar-refractivity contribution in [2.24, 2.45) is 0 Å². The Bertz CT molecular complexity index is 1210. The molecule has 130 valence electrons. The Labute approximate surface area is 155 Å². The molecule has 2 heterocycles. The van der Waals surface area contributed by atoms with Crippen molar-refractivity contribution >= 4 is 28.3 Å². The lowest BCUT2D eigenvalue weighted by atomic mass is 9.95. The fraction of sp³-hybridized carbons (Fsp3) is 0.0435. The molecule has 0 saturated heterocycles. The number of hydrogen-bond acceptors (Lipinski definition) is 3. The first-order valence-corrected chi connectivity index (χ1v) is 8.75. The number of benzene rings is 3. The zero-order valence-electron chi connectivity index (χ0n) is 14.4. The zero-order chi connectivity index (χ0) is 18.4. The molecule has 0 unspecified atom stereocenters. The lowest BCUT2D eigenvalue weighted by molar-refractivity contribution is 0.0995. The van der Waals surface area contributed by atoms with Crippen LogP contribution < -0.4 is 10.5 Å². The van der Waals surface area contributed by atoms with Crippen LogP contribution in [-0.2, 0) is 6.42 Å². The number of hydrogen-bond donors (Lipinski definition) is 0. The van der Waals surface area contributed by atoms with Gasteiger partial charge in [-0.3, -0.25) is 9.69 Å². The van der Waals surface area contributed by atoms with Crippen molar-refractivity contribution in [2.45, 2.75) is 6.42 Å². The number of nitrogens with zero attached hydrogens (tertiary/aromatic N) is 1. The quantitative estimate of drug-likeness (QED) is 0.467. The van der Waals surface area contributed by atoms with Crippen LogP contribution in [0.15, 0.2) is 88.1 Å². The highest BCUT2D eigenvalue weighted by Gasteiger charge is 2.29. The van der Waals surface area contributed by atoms with Crippen molar-refractivity contribution in [3.63, 3.8) is 0 Å². The molecule has 0 aliphatic carbocycles. The Morgan fingerprint density at radius 1 is 0.815 bits per heavy atom. The van der Waals surface area contributed by atoms with Crippen molar-refractivity contribution in [1.82, 2.24) is 0 Å². The molecule has 0 saturated carbocycles. The van der Waals surface area contributed by atoms with Gasteiger partial charge in [0.05, 0.1) is 11.4 Å². The van der Waals surface area contributed by atoms with E-state index in [1.165, 1.54) is 0 Å². The van der Waals surface area contributed by atoms with Gasteiger partial charge in [-0.25, -0.2) is 4.79 Å². The SMILES string of the molecule is O=C(c1cc2ccccc2oc1=O)N1c2ccccc2Cc2ccccc21. The van der Waals surface area contributed by atoms with Crippen LogP contribution in [0, 0.1) is 0 Å². The van der Waals surface area contributed by atoms with Gasteiger partial charge in [-0.05, 0) is 35.4 Å². The number of carbonyl (C=O) groups is 1. The van der Waals surface area contributed by atoms with Crippen LogP contribution >= 0.6 is 0 Å². The number of carbonyl (C=O) groups excluding carboxylic acids is 1. The van der Waals surface area contributed by atoms with Crippen LogP contribution in [0.1, 0.15) is 21.5 Å². The molecule has 3 aromatic carbocycles. The monoisotopic (exact) mass is 353 g/mol. The Balaban J connectivity index is 1.72. The highest BCUT2D eigenvalue weighted by Crippen LogP contribution is 2.39. The molecule has 1 aliphatic rings. The van der Waals surface area contributed by atoms with Crippen LogP contribution in [0.25, 0.3) is 11.0 Å². The first-order valence-electron chi connectivity index (χ1n) is 8.75. The largest absolute Gasteiger partial charge is 0.422 e. The van der Waals surface area contributed by atoms with Gasteiger partial charge in [0, 0.05) is 11.8 Å². The number of amides is 1. The average Bonchev–Trinajstić information content (AvgIpc) is 2.71. The number of fused-ring (bicyclic) bond motifs is 3. The summed E-state index contributed by atoms with van der Waals surface area (Å²) in [6, 6.07) is 24.4. The van der Waals surface area contributed by atoms with Crippen molar-refractivity contribution < 1.29 is 9.21 Å². The minimum absolute atomic E-state index is 0.0280. The first-order chi connectivity index (χ1) is 13.2. The standard InChI is InChI=1S/C23H15NO3/c25-22(18-14-17-9-3-6-12-21(17)27-23(18)26)24-19-10-4-1-7-15(19)13-16-8-2-5-11-20(16)24/h1-12,14H,13H2. The van der Waals surface area contributed by atoms with E-state index in [1.807, 2.05) is 60.7 Å². The molecule has 0 atom stereocenters. The molecular weight excluding hydrogens is 338 g/mol. The molecule has 0 fully saturated rings. The summed E-state index contributed by atoms with van der Waals surface area (Å²) in [5.74, 6) is -0.380. The van der Waals surface area contributed by atoms with Crippen molar-refractivity contribution in [3.05, 3.63) is 106 Å². The van der Waals surface area contributed by atoms with E-state index in [-0.39, 0.29) is 11.5 Å². The number of rotatable bonds is 1. The third-order valence-electron chi connectivity index (χ3n) is 4.92. The third kappa shape index (κ3) is 2.46. The molecule has 0 spiro atoms. The second-order valence-corrected chi connectivity index (χ2v) is 6.56. The van der Waals surface area contributed by atoms with E-state index in [9.17, 15) is 9.59 Å². The second-order valence-electron chi connectivity index (χ2n) is 6.56. The normalized spacial score (nSPS) is 12.5. The summed E-state index contributed by atoms with van der Waals surface area (Å²) in [5, 5.41) is 0.721. The number of anilines is 2. The van der Waals surface area contributed by atoms with Gasteiger partial charge in [-0.1, -0.05) is 54.6 Å². The summed E-state index contributed by atoms with van der Waals surface area (Å²) in [7, 11) is 0. The summed E-state index contributed by atoms with van der Waals surface area (Å²) in [6.07, 6.45) is 0.752. The van der Waals surface area contributed by atoms with Crippen molar-refractivity contribution in [2.75, 3.05) is 4.90 Å². The minimum atomic E-state index is -0.626. The molecule has 4 heteroatoms. The van der Waals surface area contributed by atoms with Gasteiger partial charge in [0.15, 0.2) is 0 Å². The van der Waals surface area contributed by atoms with Gasteiger partial charge in [-0.15, -0.1) is 0 Å². The maximum atomic E-state index is 13.5. The molecule has 0 bridgehead atoms. The summed E-state index contributed by atoms with van der Waals surface area (Å²) >= 11 is 0. The predicted molar refractivity (Wildman–Crippen MR) is 105 cm³/mol. The van der Waals surface area contributed by atoms with E-state index in [4.69, 9.17) is 4.42 Å². The minimum Gasteiger partial charge on any atom is -0.422 e. The molecule has 1 aromatic heterocycles. The molecule has 4 nitrogen and oxygen atoms in total. The van der Waals surface area contributed by atoms with E-state index in [0.29, 0.717) is 5.58 Å². The van der Waals surface area contributed by atoms with E-state index in [0.717, 1.165) is 34.3 Å². The van der Waals surface area contributed by atoms with Crippen LogP contribution in [-0.4, -0.2) is 5.91 Å². The smallest absolute Gasteiger partial charge is 0.349 e. The summed E-state index contributed by atoms with van der Waals surface area (Å²) in [6.45, 7) is 0. The van der Waals surface area contributed by atoms with E-state index in [2.05, 4.69) is 0 Å². The fourth-order valence-corrected chi connectivity index (χ4v) is 3.64. The molecule has 4 aromatic rings. The van der Waals surface area contributed by atoms with Gasteiger partial charge in [0.25, 0.3) is 5.91 Å². The van der Waals surface area contributed by atoms with Gasteiger partial charge in [0.1, 0.15) is 11.1 Å². The maximum Gasteiger partial charge on any atom is 0.349 e. The van der Waals surface area contributed by atoms with E-state index < -0.39 is 5.63 Å². The Morgan fingerprint density at radius 2 is 1.41 bits per heavy atom. The van der Waals surface area contributed by atoms with Gasteiger partial charge in [-0.2, -0.15) is 0 Å². The van der Waals surface area contributed by atoms with Crippen LogP contribution in [0.4, 0.5) is 11.4 Å². The topological polar surface area (TPSA) is 50.5 Å². The molecule has 27 heavy (non-hydrogen) atoms. The Morgan fingerprint density at radius 3 is 2.11 bits per heavy atom. The molecule has 5 rings (SSSR count). The zero-order valence-corrected chi connectivity index (χ0v) is 14.4. The Hall–Kier alpha value is -3.66. The highest BCUT2D eigenvalue weighted by molar-refractivity contribution is 6.13. The molecule has 1 aliphatic heterocycles. The third-order valence-corrected chi connectivity index (χ3v) is 4.92. The maximum absolute atomic E-state index is 13.5. The number of para-hydroxylation sites is 3. The second kappa shape index (κ2) is 5.95. The van der Waals surface area contributed by atoms with E-state index in [1.54, 1.807) is 23.1 Å². The Kier molecular flexibility index (Phi) is 3.44. The van der Waals surface area contributed by atoms with Gasteiger partial charge >= 0.3 is 5.63 Å². The van der Waals surface area contributed by atoms with Crippen LogP contribution in [0.5, 0.6) is 0 Å². The summed E-state index contributed by atoms with van der Waals surface area (Å²) < 4.78 is 5.38. The van der Waals surface area contributed by atoms with Gasteiger partial charge < -0.3 is 4.42 Å².